The van der Waals surface area contributed by atoms with Crippen LogP contribution >= 0.6 is 0 Å². The first kappa shape index (κ1) is 36.0. The molecule has 2 saturated heterocycles. The Bertz CT molecular complexity index is 734. The van der Waals surface area contributed by atoms with Crippen molar-refractivity contribution in [1.82, 2.24) is 6.15 Å². The van der Waals surface area contributed by atoms with Gasteiger partial charge >= 0.3 is 0 Å². The minimum absolute atomic E-state index is 0. The quantitative estimate of drug-likeness (QED) is 0.0876. The van der Waals surface area contributed by atoms with Gasteiger partial charge in [-0.05, 0) is 49.3 Å². The van der Waals surface area contributed by atoms with Crippen molar-refractivity contribution in [2.24, 2.45) is 0 Å². The van der Waals surface area contributed by atoms with E-state index in [1.165, 1.54) is 108 Å². The maximum Gasteiger partial charge on any atom is 0.215 e. The molecule has 37 heavy (non-hydrogen) atoms. The third kappa shape index (κ3) is 25.0. The molecular formula is C29H55NO6S. The summed E-state index contributed by atoms with van der Waals surface area (Å²) in [6.45, 7) is 8.55. The maximum atomic E-state index is 8.63. The van der Waals surface area contributed by atoms with Crippen LogP contribution in [-0.4, -0.2) is 36.8 Å². The minimum atomic E-state index is -4.92. The summed E-state index contributed by atoms with van der Waals surface area (Å²) in [4.78, 5) is 0. The molecule has 2 heterocycles. The van der Waals surface area contributed by atoms with Gasteiger partial charge in [-0.15, -0.1) is 0 Å². The van der Waals surface area contributed by atoms with E-state index in [9.17, 15) is 0 Å². The molecule has 1 aromatic rings. The summed E-state index contributed by atoms with van der Waals surface area (Å²) in [5.41, 5.74) is 4.54. The van der Waals surface area contributed by atoms with E-state index in [-0.39, 0.29) is 6.15 Å². The molecule has 2 fully saturated rings. The number of aryl methyl sites for hydroxylation is 2. The maximum absolute atomic E-state index is 8.63. The van der Waals surface area contributed by atoms with Gasteiger partial charge in [0.05, 0.1) is 19.3 Å². The van der Waals surface area contributed by atoms with E-state index in [0.717, 1.165) is 13.2 Å². The van der Waals surface area contributed by atoms with Crippen molar-refractivity contribution < 1.29 is 27.0 Å². The van der Waals surface area contributed by atoms with Crippen LogP contribution in [0.3, 0.4) is 0 Å². The number of rotatable bonds is 17. The lowest BCUT2D eigenvalue weighted by Crippen LogP contribution is -1.95. The van der Waals surface area contributed by atoms with E-state index >= 15 is 0 Å². The van der Waals surface area contributed by atoms with E-state index in [4.69, 9.17) is 27.0 Å². The Morgan fingerprint density at radius 3 is 1.38 bits per heavy atom. The highest BCUT2D eigenvalue weighted by Crippen LogP contribution is 2.32. The Hall–Kier alpha value is -1.03. The molecule has 2 aliphatic rings. The number of quaternary nitrogens is 1. The van der Waals surface area contributed by atoms with Gasteiger partial charge in [-0.1, -0.05) is 109 Å². The van der Waals surface area contributed by atoms with E-state index in [1.54, 1.807) is 11.1 Å². The Morgan fingerprint density at radius 1 is 0.757 bits per heavy atom. The summed E-state index contributed by atoms with van der Waals surface area (Å²) in [6.07, 6.45) is 23.0. The van der Waals surface area contributed by atoms with Crippen LogP contribution in [0.4, 0.5) is 0 Å². The zero-order valence-electron chi connectivity index (χ0n) is 24.0. The molecule has 1 aromatic carbocycles. The molecule has 0 radical (unpaired) electrons. The van der Waals surface area contributed by atoms with Crippen molar-refractivity contribution in [2.45, 2.75) is 136 Å². The number of hydrogen-bond donors (Lipinski definition) is 2. The average molecular weight is 546 g/mol. The van der Waals surface area contributed by atoms with Crippen LogP contribution < -0.4 is 6.15 Å². The van der Waals surface area contributed by atoms with Crippen LogP contribution in [-0.2, 0) is 32.7 Å². The number of unbranched alkanes of at least 4 members (excludes halogenated alkanes) is 12. The van der Waals surface area contributed by atoms with Crippen LogP contribution in [0.15, 0.2) is 18.2 Å². The Balaban J connectivity index is 0.00000110. The summed E-state index contributed by atoms with van der Waals surface area (Å²) >= 11 is 0. The Labute approximate surface area is 227 Å². The van der Waals surface area contributed by atoms with Gasteiger partial charge in [0.25, 0.3) is 0 Å². The Kier molecular flexibility index (Phi) is 21.2. The molecule has 0 bridgehead atoms. The average Bonchev–Trinajstić information content (AvgIpc) is 3.74. The van der Waals surface area contributed by atoms with Gasteiger partial charge in [0.2, 0.25) is 10.4 Å². The number of ether oxygens (including phenoxy) is 2. The molecule has 218 valence electrons. The second-order valence-corrected chi connectivity index (χ2v) is 11.1. The normalized spacial score (nSPS) is 17.5. The predicted molar refractivity (Wildman–Crippen MR) is 152 cm³/mol. The topological polar surface area (TPSA) is 139 Å². The third-order valence-corrected chi connectivity index (χ3v) is 6.42. The second kappa shape index (κ2) is 21.9. The molecule has 0 saturated carbocycles. The standard InChI is InChI=1S/C26H44O.C3H6O.H3N.H2O4S/c1-3-5-7-9-11-13-15-17-23-19-24(21-25(20-23)26-22-27-26)18-16-14-12-10-8-6-4-2;1-3-2-4-3;;1-5(2,3)4/h19-21,26H,3-18,22H2,1-2H3;3H,2H2,1H3;1H3;(H2,1,2,3,4). The van der Waals surface area contributed by atoms with Gasteiger partial charge < -0.3 is 20.2 Å². The summed E-state index contributed by atoms with van der Waals surface area (Å²) in [5, 5.41) is 0. The minimum Gasteiger partial charge on any atom is -0.726 e. The molecule has 0 aliphatic carbocycles. The molecule has 8 heteroatoms. The first-order valence-electron chi connectivity index (χ1n) is 14.3. The molecular weight excluding hydrogens is 490 g/mol. The summed E-state index contributed by atoms with van der Waals surface area (Å²) < 4.78 is 43.1. The number of hydrogen-bond acceptors (Lipinski definition) is 5. The van der Waals surface area contributed by atoms with Crippen LogP contribution in [0.2, 0.25) is 0 Å². The Morgan fingerprint density at radius 2 is 1.08 bits per heavy atom. The highest BCUT2D eigenvalue weighted by Gasteiger charge is 2.25. The van der Waals surface area contributed by atoms with E-state index in [1.807, 2.05) is 0 Å². The van der Waals surface area contributed by atoms with Crippen LogP contribution in [0.25, 0.3) is 0 Å². The van der Waals surface area contributed by atoms with Gasteiger partial charge in [0, 0.05) is 0 Å². The predicted octanol–water partition coefficient (Wildman–Crippen LogP) is 8.13. The van der Waals surface area contributed by atoms with Crippen molar-refractivity contribution >= 4 is 10.4 Å². The molecule has 3 rings (SSSR count). The van der Waals surface area contributed by atoms with Crippen LogP contribution in [0.1, 0.15) is 133 Å². The van der Waals surface area contributed by atoms with E-state index in [0.29, 0.717) is 12.2 Å². The van der Waals surface area contributed by atoms with Gasteiger partial charge in [0.15, 0.2) is 0 Å². The molecule has 7 nitrogen and oxygen atoms in total. The lowest BCUT2D eigenvalue weighted by molar-refractivity contribution is 0.366. The van der Waals surface area contributed by atoms with Crippen LogP contribution in [0, 0.1) is 0 Å². The van der Waals surface area contributed by atoms with Gasteiger partial charge in [-0.2, -0.15) is 0 Å². The van der Waals surface area contributed by atoms with Gasteiger partial charge in [-0.25, -0.2) is 8.42 Å². The monoisotopic (exact) mass is 545 g/mol. The largest absolute Gasteiger partial charge is 0.726 e. The van der Waals surface area contributed by atoms with Gasteiger partial charge in [-0.3, -0.25) is 4.55 Å². The third-order valence-electron chi connectivity index (χ3n) is 6.42. The molecule has 0 aromatic heterocycles. The van der Waals surface area contributed by atoms with Crippen LogP contribution in [0.5, 0.6) is 0 Å². The second-order valence-electron chi connectivity index (χ2n) is 10.2. The summed E-state index contributed by atoms with van der Waals surface area (Å²) in [5.74, 6) is 0. The first-order chi connectivity index (χ1) is 17.2. The molecule has 0 spiro atoms. The fourth-order valence-electron chi connectivity index (χ4n) is 4.18. The van der Waals surface area contributed by atoms with Crippen molar-refractivity contribution in [3.8, 4) is 0 Å². The molecule has 0 amide bonds. The van der Waals surface area contributed by atoms with Gasteiger partial charge in [0.1, 0.15) is 6.10 Å². The van der Waals surface area contributed by atoms with Crippen molar-refractivity contribution in [3.63, 3.8) is 0 Å². The molecule has 2 aliphatic heterocycles. The van der Waals surface area contributed by atoms with E-state index in [2.05, 4.69) is 39.0 Å². The molecule has 5 N–H and O–H groups in total. The van der Waals surface area contributed by atoms with Crippen molar-refractivity contribution in [1.29, 1.82) is 0 Å². The summed E-state index contributed by atoms with van der Waals surface area (Å²) in [7, 11) is -4.92. The van der Waals surface area contributed by atoms with E-state index < -0.39 is 10.4 Å². The zero-order chi connectivity index (χ0) is 26.7. The molecule has 2 unspecified atom stereocenters. The lowest BCUT2D eigenvalue weighted by atomic mass is 9.96. The zero-order valence-corrected chi connectivity index (χ0v) is 24.8. The first-order valence-corrected chi connectivity index (χ1v) is 15.6. The SMILES string of the molecule is CC1CO1.CCCCCCCCCc1cc(CCCCCCCCC)cc(C2CO2)c1.O=S(=O)([O-])O.[NH4+]. The van der Waals surface area contributed by atoms with Crippen molar-refractivity contribution in [3.05, 3.63) is 34.9 Å². The fourth-order valence-corrected chi connectivity index (χ4v) is 4.18. The summed E-state index contributed by atoms with van der Waals surface area (Å²) in [6, 6.07) is 7.33. The highest BCUT2D eigenvalue weighted by atomic mass is 32.3. The fraction of sp³-hybridized carbons (Fsp3) is 0.793. The number of benzene rings is 1. The smallest absolute Gasteiger partial charge is 0.215 e. The lowest BCUT2D eigenvalue weighted by Gasteiger charge is -2.09. The highest BCUT2D eigenvalue weighted by molar-refractivity contribution is 7.79. The number of epoxide rings is 2. The molecule has 2 atom stereocenters. The van der Waals surface area contributed by atoms with Crippen molar-refractivity contribution in [2.75, 3.05) is 13.2 Å².